The average molecular weight is 636 g/mol. The van der Waals surface area contributed by atoms with Crippen LogP contribution >= 0.6 is 12.4 Å². The lowest BCUT2D eigenvalue weighted by Gasteiger charge is -2.15. The monoisotopic (exact) mass is 635 g/mol. The minimum atomic E-state index is 0. The second-order valence-electron chi connectivity index (χ2n) is 12.1. The molecule has 0 aliphatic carbocycles. The Labute approximate surface area is 281 Å². The van der Waals surface area contributed by atoms with Gasteiger partial charge in [0.1, 0.15) is 0 Å². The van der Waals surface area contributed by atoms with Crippen LogP contribution in [0.1, 0.15) is 128 Å². The number of para-hydroxylation sites is 1. The molecule has 1 unspecified atom stereocenters. The van der Waals surface area contributed by atoms with Gasteiger partial charge in [0.05, 0.1) is 11.8 Å². The number of hydrogen-bond acceptors (Lipinski definition) is 3. The molecule has 0 aliphatic heterocycles. The SMILES string of the molecule is CCCCCCCCCCCCCCCCCC(CCO)CCc1ccccc1.Cl.c1c[nH]cn1.c1ccc2ncccc2c1. The summed E-state index contributed by atoms with van der Waals surface area (Å²) in [4.78, 5) is 10.6. The summed E-state index contributed by atoms with van der Waals surface area (Å²) in [5.74, 6) is 0.696. The van der Waals surface area contributed by atoms with Gasteiger partial charge in [-0.05, 0) is 42.9 Å². The Hall–Kier alpha value is -2.69. The number of halogens is 1. The lowest BCUT2D eigenvalue weighted by atomic mass is 9.91. The van der Waals surface area contributed by atoms with E-state index in [1.807, 2.05) is 30.5 Å². The summed E-state index contributed by atoms with van der Waals surface area (Å²) < 4.78 is 0. The highest BCUT2D eigenvalue weighted by atomic mass is 35.5. The summed E-state index contributed by atoms with van der Waals surface area (Å²) in [5, 5.41) is 10.6. The minimum absolute atomic E-state index is 0. The van der Waals surface area contributed by atoms with Crippen LogP contribution in [-0.4, -0.2) is 26.7 Å². The summed E-state index contributed by atoms with van der Waals surface area (Å²) in [6, 6.07) is 22.9. The molecule has 2 N–H and O–H groups in total. The summed E-state index contributed by atoms with van der Waals surface area (Å²) >= 11 is 0. The molecule has 2 aromatic heterocycles. The molecular weight excluding hydrogens is 574 g/mol. The first-order valence-electron chi connectivity index (χ1n) is 17.7. The average Bonchev–Trinajstić information content (AvgIpc) is 3.67. The van der Waals surface area contributed by atoms with E-state index in [1.54, 1.807) is 18.7 Å². The molecule has 0 radical (unpaired) electrons. The molecule has 4 aromatic rings. The first-order valence-corrected chi connectivity index (χ1v) is 17.7. The van der Waals surface area contributed by atoms with Crippen molar-refractivity contribution in [3.8, 4) is 0 Å². The third kappa shape index (κ3) is 22.5. The number of aliphatic hydroxyl groups is 1. The first kappa shape index (κ1) is 40.3. The van der Waals surface area contributed by atoms with E-state index < -0.39 is 0 Å². The number of H-pyrrole nitrogens is 1. The van der Waals surface area contributed by atoms with E-state index in [4.69, 9.17) is 0 Å². The lowest BCUT2D eigenvalue weighted by molar-refractivity contribution is 0.244. The summed E-state index contributed by atoms with van der Waals surface area (Å²) in [7, 11) is 0. The van der Waals surface area contributed by atoms with Gasteiger partial charge in [-0.25, -0.2) is 4.98 Å². The number of aromatic nitrogens is 3. The molecule has 250 valence electrons. The molecule has 0 bridgehead atoms. The molecule has 0 saturated carbocycles. The molecule has 0 spiro atoms. The summed E-state index contributed by atoms with van der Waals surface area (Å²) in [6.07, 6.45) is 33.0. The number of hydrogen-bond donors (Lipinski definition) is 2. The van der Waals surface area contributed by atoms with Gasteiger partial charge in [-0.15, -0.1) is 12.4 Å². The fourth-order valence-electron chi connectivity index (χ4n) is 5.67. The lowest BCUT2D eigenvalue weighted by Crippen LogP contribution is -2.05. The van der Waals surface area contributed by atoms with Crippen LogP contribution in [-0.2, 0) is 6.42 Å². The van der Waals surface area contributed by atoms with Gasteiger partial charge in [0.15, 0.2) is 0 Å². The highest BCUT2D eigenvalue weighted by molar-refractivity contribution is 5.85. The van der Waals surface area contributed by atoms with Crippen LogP contribution in [0.15, 0.2) is 91.6 Å². The van der Waals surface area contributed by atoms with Crippen molar-refractivity contribution in [1.29, 1.82) is 0 Å². The number of fused-ring (bicyclic) bond motifs is 1. The maximum atomic E-state index is 9.36. The van der Waals surface area contributed by atoms with Crippen LogP contribution in [0.3, 0.4) is 0 Å². The smallest absolute Gasteiger partial charge is 0.0919 e. The van der Waals surface area contributed by atoms with Crippen molar-refractivity contribution >= 4 is 23.3 Å². The third-order valence-corrected chi connectivity index (χ3v) is 8.36. The van der Waals surface area contributed by atoms with E-state index in [0.717, 1.165) is 18.4 Å². The van der Waals surface area contributed by atoms with Crippen molar-refractivity contribution in [2.24, 2.45) is 5.92 Å². The van der Waals surface area contributed by atoms with Crippen LogP contribution in [0.2, 0.25) is 0 Å². The van der Waals surface area contributed by atoms with E-state index >= 15 is 0 Å². The summed E-state index contributed by atoms with van der Waals surface area (Å²) in [6.45, 7) is 2.64. The quantitative estimate of drug-likeness (QED) is 0.0895. The minimum Gasteiger partial charge on any atom is -0.396 e. The van der Waals surface area contributed by atoms with Crippen molar-refractivity contribution in [3.05, 3.63) is 97.2 Å². The zero-order chi connectivity index (χ0) is 31.2. The number of aliphatic hydroxyl groups excluding tert-OH is 1. The maximum absolute atomic E-state index is 9.36. The van der Waals surface area contributed by atoms with Gasteiger partial charge in [0.2, 0.25) is 0 Å². The summed E-state index contributed by atoms with van der Waals surface area (Å²) in [5.41, 5.74) is 2.50. The predicted molar refractivity (Wildman–Crippen MR) is 197 cm³/mol. The second kappa shape index (κ2) is 30.0. The predicted octanol–water partition coefficient (Wildman–Crippen LogP) is 11.9. The number of nitrogens with one attached hydrogen (secondary N) is 1. The highest BCUT2D eigenvalue weighted by Crippen LogP contribution is 2.21. The third-order valence-electron chi connectivity index (χ3n) is 8.36. The van der Waals surface area contributed by atoms with Crippen molar-refractivity contribution in [2.45, 2.75) is 129 Å². The van der Waals surface area contributed by atoms with E-state index in [2.05, 4.69) is 64.3 Å². The van der Waals surface area contributed by atoms with Crippen LogP contribution in [0.5, 0.6) is 0 Å². The van der Waals surface area contributed by atoms with Gasteiger partial charge >= 0.3 is 0 Å². The Morgan fingerprint density at radius 1 is 0.622 bits per heavy atom. The molecule has 2 aromatic carbocycles. The molecular formula is C40H62ClN3O. The zero-order valence-corrected chi connectivity index (χ0v) is 28.9. The van der Waals surface area contributed by atoms with Gasteiger partial charge < -0.3 is 10.1 Å². The number of imidazole rings is 1. The van der Waals surface area contributed by atoms with Crippen LogP contribution in [0.25, 0.3) is 10.9 Å². The number of pyridine rings is 1. The Morgan fingerprint density at radius 2 is 1.20 bits per heavy atom. The number of nitrogens with zero attached hydrogens (tertiary/aromatic N) is 2. The molecule has 0 aliphatic rings. The Kier molecular flexibility index (Phi) is 26.9. The molecule has 45 heavy (non-hydrogen) atoms. The number of unbranched alkanes of at least 4 members (excludes halogenated alkanes) is 14. The number of aromatic amines is 1. The topological polar surface area (TPSA) is 61.8 Å². The van der Waals surface area contributed by atoms with E-state index in [-0.39, 0.29) is 12.4 Å². The van der Waals surface area contributed by atoms with E-state index in [1.165, 1.54) is 120 Å². The fraction of sp³-hybridized carbons (Fsp3) is 0.550. The zero-order valence-electron chi connectivity index (χ0n) is 28.1. The highest BCUT2D eigenvalue weighted by Gasteiger charge is 2.08. The first-order chi connectivity index (χ1) is 21.8. The van der Waals surface area contributed by atoms with Crippen LogP contribution in [0, 0.1) is 5.92 Å². The molecule has 0 amide bonds. The molecule has 0 saturated heterocycles. The number of aryl methyl sites for hydroxylation is 1. The Morgan fingerprint density at radius 3 is 1.73 bits per heavy atom. The fourth-order valence-corrected chi connectivity index (χ4v) is 5.67. The number of rotatable bonds is 21. The molecule has 2 heterocycles. The molecule has 4 nitrogen and oxygen atoms in total. The van der Waals surface area contributed by atoms with E-state index in [0.29, 0.717) is 12.5 Å². The maximum Gasteiger partial charge on any atom is 0.0919 e. The largest absolute Gasteiger partial charge is 0.396 e. The molecule has 1 atom stereocenters. The van der Waals surface area contributed by atoms with Gasteiger partial charge in [0.25, 0.3) is 0 Å². The van der Waals surface area contributed by atoms with Gasteiger partial charge in [0, 0.05) is 30.6 Å². The van der Waals surface area contributed by atoms with E-state index in [9.17, 15) is 5.11 Å². The van der Waals surface area contributed by atoms with Crippen molar-refractivity contribution < 1.29 is 5.11 Å². The van der Waals surface area contributed by atoms with Gasteiger partial charge in [-0.2, -0.15) is 0 Å². The second-order valence-corrected chi connectivity index (χ2v) is 12.1. The number of benzene rings is 2. The Balaban J connectivity index is 0.000000507. The van der Waals surface area contributed by atoms with Crippen molar-refractivity contribution in [3.63, 3.8) is 0 Å². The normalized spacial score (nSPS) is 11.1. The van der Waals surface area contributed by atoms with Crippen molar-refractivity contribution in [1.82, 2.24) is 15.0 Å². The van der Waals surface area contributed by atoms with Crippen molar-refractivity contribution in [2.75, 3.05) is 6.61 Å². The van der Waals surface area contributed by atoms with Gasteiger partial charge in [-0.1, -0.05) is 164 Å². The molecule has 0 fully saturated rings. The molecule has 4 rings (SSSR count). The molecule has 5 heteroatoms. The van der Waals surface area contributed by atoms with Crippen LogP contribution in [0.4, 0.5) is 0 Å². The van der Waals surface area contributed by atoms with Crippen LogP contribution < -0.4 is 0 Å². The Bertz CT molecular complexity index is 1040. The van der Waals surface area contributed by atoms with Gasteiger partial charge in [-0.3, -0.25) is 4.98 Å². The standard InChI is InChI=1S/C28H50O.C9H7N.C3H4N2.ClH/c1-2-3-4-5-6-7-8-9-10-11-12-13-14-15-17-22-28(25-26-29)24-23-27-20-18-16-19-21-27;1-2-6-9-8(4-1)5-3-7-10-9;1-2-5-3-4-1;/h16,18-21,28-29H,2-15,17,22-26H2,1H3;1-7H;1-3H,(H,4,5);1H.